The Morgan fingerprint density at radius 2 is 2.15 bits per heavy atom. The van der Waals surface area contributed by atoms with Crippen LogP contribution in [0.5, 0.6) is 0 Å². The lowest BCUT2D eigenvalue weighted by Gasteiger charge is -2.34. The van der Waals surface area contributed by atoms with E-state index in [9.17, 15) is 4.79 Å². The Kier molecular flexibility index (Phi) is 4.95. The van der Waals surface area contributed by atoms with Crippen molar-refractivity contribution < 1.29 is 9.53 Å². The molecule has 0 aromatic heterocycles. The van der Waals surface area contributed by atoms with Crippen LogP contribution in [0, 0.1) is 13.8 Å². The van der Waals surface area contributed by atoms with Crippen LogP contribution < -0.4 is 0 Å². The van der Waals surface area contributed by atoms with E-state index in [1.165, 1.54) is 11.1 Å². The van der Waals surface area contributed by atoms with Crippen molar-refractivity contribution in [1.29, 1.82) is 0 Å². The summed E-state index contributed by atoms with van der Waals surface area (Å²) in [6, 6.07) is 6.74. The largest absolute Gasteiger partial charge is 0.368 e. The van der Waals surface area contributed by atoms with Crippen LogP contribution in [-0.4, -0.2) is 42.5 Å². The molecular weight excluding hydrogens is 250 g/mol. The van der Waals surface area contributed by atoms with Gasteiger partial charge in [-0.1, -0.05) is 23.8 Å². The Morgan fingerprint density at radius 3 is 2.85 bits per heavy atom. The summed E-state index contributed by atoms with van der Waals surface area (Å²) >= 11 is 0. The fraction of sp³-hybridized carbons (Fsp3) is 0.588. The van der Waals surface area contributed by atoms with Gasteiger partial charge in [0.25, 0.3) is 0 Å². The number of Topliss-reactive ketones (excluding diaryl/α,β-unsaturated/α-hetero) is 1. The molecule has 1 aliphatic rings. The molecule has 1 saturated heterocycles. The highest BCUT2D eigenvalue weighted by molar-refractivity contribution is 5.85. The molecule has 1 fully saturated rings. The molecule has 1 unspecified atom stereocenters. The maximum absolute atomic E-state index is 12.4. The lowest BCUT2D eigenvalue weighted by molar-refractivity contribution is -0.136. The number of hydrogen-bond acceptors (Lipinski definition) is 3. The molecule has 3 nitrogen and oxygen atoms in total. The van der Waals surface area contributed by atoms with Crippen LogP contribution in [0.4, 0.5) is 0 Å². The number of aryl methyl sites for hydroxylation is 2. The summed E-state index contributed by atoms with van der Waals surface area (Å²) in [7, 11) is 0. The Balaban J connectivity index is 2.02. The van der Waals surface area contributed by atoms with Crippen molar-refractivity contribution in [2.45, 2.75) is 46.3 Å². The highest BCUT2D eigenvalue weighted by Gasteiger charge is 2.27. The monoisotopic (exact) mass is 275 g/mol. The van der Waals surface area contributed by atoms with Crippen LogP contribution in [0.25, 0.3) is 0 Å². The standard InChI is InChI=1S/C17H25NO2/c1-12(2)18-7-8-20-17(11-18)16(19)10-15-9-13(3)5-6-14(15)4/h5-6,9,12,17H,7-8,10-11H2,1-4H3. The zero-order valence-corrected chi connectivity index (χ0v) is 13.0. The molecule has 110 valence electrons. The number of hydrogen-bond donors (Lipinski definition) is 0. The molecular formula is C17H25NO2. The van der Waals surface area contributed by atoms with E-state index in [1.54, 1.807) is 0 Å². The first-order valence-electron chi connectivity index (χ1n) is 7.42. The summed E-state index contributed by atoms with van der Waals surface area (Å²) in [5.74, 6) is 0.198. The molecule has 1 heterocycles. The molecule has 0 bridgehead atoms. The number of ether oxygens (including phenoxy) is 1. The smallest absolute Gasteiger partial charge is 0.167 e. The zero-order chi connectivity index (χ0) is 14.7. The fourth-order valence-electron chi connectivity index (χ4n) is 2.63. The highest BCUT2D eigenvalue weighted by Crippen LogP contribution is 2.15. The van der Waals surface area contributed by atoms with Gasteiger partial charge in [-0.3, -0.25) is 9.69 Å². The first kappa shape index (κ1) is 15.2. The minimum absolute atomic E-state index is 0.198. The Bertz CT molecular complexity index is 482. The molecule has 1 aliphatic heterocycles. The maximum Gasteiger partial charge on any atom is 0.167 e. The van der Waals surface area contributed by atoms with Crippen LogP contribution in [-0.2, 0) is 16.0 Å². The van der Waals surface area contributed by atoms with Crippen molar-refractivity contribution in [3.8, 4) is 0 Å². The number of nitrogens with zero attached hydrogens (tertiary/aromatic N) is 1. The van der Waals surface area contributed by atoms with Crippen molar-refractivity contribution in [2.75, 3.05) is 19.7 Å². The van der Waals surface area contributed by atoms with Crippen molar-refractivity contribution >= 4 is 5.78 Å². The van der Waals surface area contributed by atoms with E-state index in [1.807, 2.05) is 0 Å². The number of ketones is 1. The number of carbonyl (C=O) groups is 1. The van der Waals surface area contributed by atoms with Gasteiger partial charge >= 0.3 is 0 Å². The Labute approximate surface area is 121 Å². The highest BCUT2D eigenvalue weighted by atomic mass is 16.5. The molecule has 20 heavy (non-hydrogen) atoms. The number of benzene rings is 1. The van der Waals surface area contributed by atoms with E-state index in [2.05, 4.69) is 50.8 Å². The molecule has 0 spiro atoms. The second kappa shape index (κ2) is 6.51. The molecule has 0 radical (unpaired) electrons. The van der Waals surface area contributed by atoms with Gasteiger partial charge in [-0.05, 0) is 38.8 Å². The minimum atomic E-state index is -0.272. The third-order valence-electron chi connectivity index (χ3n) is 4.06. The van der Waals surface area contributed by atoms with Crippen LogP contribution in [0.1, 0.15) is 30.5 Å². The van der Waals surface area contributed by atoms with Gasteiger partial charge in [0.1, 0.15) is 6.10 Å². The van der Waals surface area contributed by atoms with E-state index >= 15 is 0 Å². The third-order valence-corrected chi connectivity index (χ3v) is 4.06. The van der Waals surface area contributed by atoms with Gasteiger partial charge in [-0.2, -0.15) is 0 Å². The summed E-state index contributed by atoms with van der Waals surface area (Å²) in [4.78, 5) is 14.8. The van der Waals surface area contributed by atoms with Gasteiger partial charge in [-0.25, -0.2) is 0 Å². The first-order chi connectivity index (χ1) is 9.47. The summed E-state index contributed by atoms with van der Waals surface area (Å²) < 4.78 is 5.67. The molecule has 0 aliphatic carbocycles. The predicted molar refractivity (Wildman–Crippen MR) is 81.1 cm³/mol. The molecule has 3 heteroatoms. The van der Waals surface area contributed by atoms with E-state index in [0.717, 1.165) is 18.7 Å². The lowest BCUT2D eigenvalue weighted by Crippen LogP contribution is -2.49. The van der Waals surface area contributed by atoms with Gasteiger partial charge in [0.15, 0.2) is 5.78 Å². The van der Waals surface area contributed by atoms with Crippen molar-refractivity contribution in [1.82, 2.24) is 4.90 Å². The van der Waals surface area contributed by atoms with E-state index in [0.29, 0.717) is 19.1 Å². The number of rotatable bonds is 4. The summed E-state index contributed by atoms with van der Waals surface area (Å²) in [6.45, 7) is 10.7. The SMILES string of the molecule is Cc1ccc(C)c(CC(=O)C2CN(C(C)C)CCO2)c1. The summed E-state index contributed by atoms with van der Waals surface area (Å²) in [5.41, 5.74) is 3.51. The van der Waals surface area contributed by atoms with Crippen LogP contribution >= 0.6 is 0 Å². The van der Waals surface area contributed by atoms with Crippen molar-refractivity contribution in [3.63, 3.8) is 0 Å². The van der Waals surface area contributed by atoms with E-state index in [-0.39, 0.29) is 11.9 Å². The normalized spacial score (nSPS) is 20.4. The lowest BCUT2D eigenvalue weighted by atomic mass is 9.98. The summed E-state index contributed by atoms with van der Waals surface area (Å²) in [5, 5.41) is 0. The first-order valence-corrected chi connectivity index (χ1v) is 7.42. The quantitative estimate of drug-likeness (QED) is 0.845. The third kappa shape index (κ3) is 3.68. The molecule has 1 atom stereocenters. The van der Waals surface area contributed by atoms with Gasteiger partial charge < -0.3 is 4.74 Å². The van der Waals surface area contributed by atoms with Gasteiger partial charge in [0, 0.05) is 25.6 Å². The van der Waals surface area contributed by atoms with Crippen LogP contribution in [0.15, 0.2) is 18.2 Å². The van der Waals surface area contributed by atoms with Gasteiger partial charge in [0.05, 0.1) is 6.61 Å². The average molecular weight is 275 g/mol. The van der Waals surface area contributed by atoms with Crippen LogP contribution in [0.2, 0.25) is 0 Å². The molecule has 0 saturated carbocycles. The van der Waals surface area contributed by atoms with Crippen molar-refractivity contribution in [3.05, 3.63) is 34.9 Å². The Hall–Kier alpha value is -1.19. The molecule has 0 N–H and O–H groups in total. The molecule has 0 amide bonds. The zero-order valence-electron chi connectivity index (χ0n) is 13.0. The second-order valence-electron chi connectivity index (χ2n) is 6.02. The fourth-order valence-corrected chi connectivity index (χ4v) is 2.63. The van der Waals surface area contributed by atoms with Crippen LogP contribution in [0.3, 0.4) is 0 Å². The van der Waals surface area contributed by atoms with Gasteiger partial charge in [0.2, 0.25) is 0 Å². The topological polar surface area (TPSA) is 29.5 Å². The second-order valence-corrected chi connectivity index (χ2v) is 6.02. The van der Waals surface area contributed by atoms with E-state index < -0.39 is 0 Å². The summed E-state index contributed by atoms with van der Waals surface area (Å²) in [6.07, 6.45) is 0.204. The van der Waals surface area contributed by atoms with Gasteiger partial charge in [-0.15, -0.1) is 0 Å². The number of carbonyl (C=O) groups excluding carboxylic acids is 1. The van der Waals surface area contributed by atoms with Crippen molar-refractivity contribution in [2.24, 2.45) is 0 Å². The Morgan fingerprint density at radius 1 is 1.40 bits per heavy atom. The predicted octanol–water partition coefficient (Wildman–Crippen LogP) is 2.52. The molecule has 1 aromatic rings. The minimum Gasteiger partial charge on any atom is -0.368 e. The molecule has 1 aromatic carbocycles. The van der Waals surface area contributed by atoms with E-state index in [4.69, 9.17) is 4.74 Å². The number of morpholine rings is 1. The molecule has 2 rings (SSSR count). The average Bonchev–Trinajstić information content (AvgIpc) is 2.43. The maximum atomic E-state index is 12.4.